The van der Waals surface area contributed by atoms with Gasteiger partial charge in [0, 0.05) is 18.3 Å². The number of benzene rings is 1. The van der Waals surface area contributed by atoms with E-state index in [4.69, 9.17) is 33.5 Å². The van der Waals surface area contributed by atoms with Crippen molar-refractivity contribution in [1.29, 1.82) is 0 Å². The highest BCUT2D eigenvalue weighted by molar-refractivity contribution is 5.93. The van der Waals surface area contributed by atoms with E-state index in [-0.39, 0.29) is 24.5 Å². The summed E-state index contributed by atoms with van der Waals surface area (Å²) >= 11 is 0. The van der Waals surface area contributed by atoms with E-state index >= 15 is 0 Å². The van der Waals surface area contributed by atoms with Crippen molar-refractivity contribution >= 4 is 5.97 Å². The number of para-hydroxylation sites is 1. The Morgan fingerprint density at radius 3 is 2.84 bits per heavy atom. The minimum atomic E-state index is -0.863. The molecule has 5 heterocycles. The Morgan fingerprint density at radius 2 is 1.97 bits per heavy atom. The molecule has 4 saturated heterocycles. The van der Waals surface area contributed by atoms with E-state index in [1.807, 2.05) is 6.92 Å². The smallest absolute Gasteiger partial charge is 0.344 e. The van der Waals surface area contributed by atoms with Gasteiger partial charge in [0.25, 0.3) is 0 Å². The van der Waals surface area contributed by atoms with Gasteiger partial charge in [-0.15, -0.1) is 0 Å². The van der Waals surface area contributed by atoms with Crippen LogP contribution in [0.5, 0.6) is 11.5 Å². The molecular formula is C23H28O8. The molecule has 8 nitrogen and oxygen atoms in total. The molecule has 8 heteroatoms. The van der Waals surface area contributed by atoms with Gasteiger partial charge in [-0.25, -0.2) is 14.6 Å². The molecule has 5 fully saturated rings. The van der Waals surface area contributed by atoms with Crippen molar-refractivity contribution in [2.75, 3.05) is 6.79 Å². The molecule has 0 N–H and O–H groups in total. The van der Waals surface area contributed by atoms with Gasteiger partial charge in [-0.2, -0.15) is 0 Å². The zero-order valence-electron chi connectivity index (χ0n) is 18.0. The topological polar surface area (TPSA) is 81.7 Å². The monoisotopic (exact) mass is 432 g/mol. The molecule has 31 heavy (non-hydrogen) atoms. The van der Waals surface area contributed by atoms with Crippen LogP contribution in [-0.2, 0) is 24.0 Å². The van der Waals surface area contributed by atoms with Crippen molar-refractivity contribution in [3.63, 3.8) is 0 Å². The van der Waals surface area contributed by atoms with Crippen molar-refractivity contribution in [3.8, 4) is 11.5 Å². The summed E-state index contributed by atoms with van der Waals surface area (Å²) in [6.07, 6.45) is 2.31. The molecular weight excluding hydrogens is 404 g/mol. The number of ether oxygens (including phenoxy) is 5. The number of carbonyl (C=O) groups is 1. The van der Waals surface area contributed by atoms with Gasteiger partial charge in [0.1, 0.15) is 5.56 Å². The molecule has 0 amide bonds. The molecule has 6 aliphatic rings. The lowest BCUT2D eigenvalue weighted by Gasteiger charge is -2.59. The number of esters is 1. The molecule has 1 aliphatic carbocycles. The van der Waals surface area contributed by atoms with Crippen molar-refractivity contribution in [3.05, 3.63) is 23.8 Å². The minimum absolute atomic E-state index is 0.0845. The summed E-state index contributed by atoms with van der Waals surface area (Å²) in [5.41, 5.74) is -0.350. The van der Waals surface area contributed by atoms with Crippen LogP contribution in [0.3, 0.4) is 0 Å². The van der Waals surface area contributed by atoms with E-state index in [0.717, 1.165) is 25.7 Å². The van der Waals surface area contributed by atoms with Crippen LogP contribution in [-0.4, -0.2) is 36.7 Å². The Hall–Kier alpha value is -1.87. The van der Waals surface area contributed by atoms with E-state index in [2.05, 4.69) is 13.8 Å². The molecule has 7 rings (SSSR count). The van der Waals surface area contributed by atoms with Crippen LogP contribution in [0, 0.1) is 23.7 Å². The largest absolute Gasteiger partial charge is 0.454 e. The Morgan fingerprint density at radius 1 is 1.10 bits per heavy atom. The molecule has 5 aliphatic heterocycles. The average Bonchev–Trinajstić information content (AvgIpc) is 3.12. The highest BCUT2D eigenvalue weighted by atomic mass is 17.3. The van der Waals surface area contributed by atoms with Gasteiger partial charge < -0.3 is 23.7 Å². The van der Waals surface area contributed by atoms with E-state index in [1.165, 1.54) is 0 Å². The average molecular weight is 432 g/mol. The molecule has 1 spiro atoms. The fourth-order valence-corrected chi connectivity index (χ4v) is 6.27. The Bertz CT molecular complexity index is 904. The van der Waals surface area contributed by atoms with Crippen LogP contribution in [0.4, 0.5) is 0 Å². The SMILES string of the molecule is C[C@@H]1CC[C@H]2[C@@H](C)C(OC(=O)c3cccc4c3OCO4)O[C@@H]3O[C@]4(C)CC[C@@H]1[C@]32OO4. The zero-order chi connectivity index (χ0) is 21.4. The molecule has 0 aromatic heterocycles. The summed E-state index contributed by atoms with van der Waals surface area (Å²) in [6, 6.07) is 5.18. The van der Waals surface area contributed by atoms with Gasteiger partial charge in [-0.3, -0.25) is 0 Å². The van der Waals surface area contributed by atoms with Crippen molar-refractivity contribution in [2.24, 2.45) is 23.7 Å². The second-order valence-corrected chi connectivity index (χ2v) is 9.72. The zero-order valence-corrected chi connectivity index (χ0v) is 18.0. The Kier molecular flexibility index (Phi) is 4.35. The normalized spacial score (nSPS) is 45.0. The second kappa shape index (κ2) is 6.81. The first-order valence-corrected chi connectivity index (χ1v) is 11.2. The first kappa shape index (κ1) is 19.8. The maximum Gasteiger partial charge on any atom is 0.344 e. The second-order valence-electron chi connectivity index (χ2n) is 9.72. The Labute approximate surface area is 180 Å². The quantitative estimate of drug-likeness (QED) is 0.516. The maximum absolute atomic E-state index is 13.1. The third kappa shape index (κ3) is 2.78. The van der Waals surface area contributed by atoms with Crippen molar-refractivity contribution in [1.82, 2.24) is 0 Å². The fraction of sp³-hybridized carbons (Fsp3) is 0.696. The minimum Gasteiger partial charge on any atom is -0.454 e. The van der Waals surface area contributed by atoms with Gasteiger partial charge in [-0.05, 0) is 50.2 Å². The van der Waals surface area contributed by atoms with Gasteiger partial charge in [0.15, 0.2) is 23.4 Å². The summed E-state index contributed by atoms with van der Waals surface area (Å²) in [4.78, 5) is 25.0. The van der Waals surface area contributed by atoms with E-state index in [0.29, 0.717) is 23.0 Å². The molecule has 2 bridgehead atoms. The van der Waals surface area contributed by atoms with Gasteiger partial charge in [0.2, 0.25) is 18.9 Å². The number of rotatable bonds is 2. The number of carbonyl (C=O) groups excluding carboxylic acids is 1. The van der Waals surface area contributed by atoms with Crippen LogP contribution in [0.25, 0.3) is 0 Å². The van der Waals surface area contributed by atoms with Crippen LogP contribution in [0.15, 0.2) is 18.2 Å². The third-order valence-electron chi connectivity index (χ3n) is 7.94. The van der Waals surface area contributed by atoms with E-state index < -0.39 is 29.9 Å². The predicted octanol–water partition coefficient (Wildman–Crippen LogP) is 3.78. The first-order valence-electron chi connectivity index (χ1n) is 11.2. The highest BCUT2D eigenvalue weighted by Gasteiger charge is 2.69. The standard InChI is InChI=1S/C23H28O8/c1-12-7-8-16-13(2)20(27-19(24)14-5-4-6-17-18(14)26-11-25-17)28-21-23(16)15(12)9-10-22(3,29-21)30-31-23/h4-6,12-13,15-16,20-21H,7-11H2,1-3H3/t12-,13-,15+,16+,20?,21-,22+,23-/m1/s1. The lowest BCUT2D eigenvalue weighted by molar-refractivity contribution is -0.576. The van der Waals surface area contributed by atoms with Gasteiger partial charge in [-0.1, -0.05) is 19.9 Å². The summed E-state index contributed by atoms with van der Waals surface area (Å²) in [7, 11) is 0. The van der Waals surface area contributed by atoms with Crippen molar-refractivity contribution < 1.29 is 38.3 Å². The van der Waals surface area contributed by atoms with Gasteiger partial charge in [0.05, 0.1) is 0 Å². The predicted molar refractivity (Wildman–Crippen MR) is 105 cm³/mol. The first-order chi connectivity index (χ1) is 14.9. The molecule has 1 aromatic rings. The summed E-state index contributed by atoms with van der Waals surface area (Å²) < 4.78 is 29.4. The summed E-state index contributed by atoms with van der Waals surface area (Å²) in [6.45, 7) is 6.29. The van der Waals surface area contributed by atoms with Crippen LogP contribution in [0.2, 0.25) is 0 Å². The van der Waals surface area contributed by atoms with Crippen LogP contribution < -0.4 is 9.47 Å². The third-order valence-corrected chi connectivity index (χ3v) is 7.94. The lowest BCUT2D eigenvalue weighted by Crippen LogP contribution is -2.70. The maximum atomic E-state index is 13.1. The molecule has 1 aromatic carbocycles. The Balaban J connectivity index is 1.31. The van der Waals surface area contributed by atoms with E-state index in [1.54, 1.807) is 18.2 Å². The number of hydrogen-bond donors (Lipinski definition) is 0. The number of fused-ring (bicyclic) bond motifs is 3. The fourth-order valence-electron chi connectivity index (χ4n) is 6.27. The molecule has 0 radical (unpaired) electrons. The van der Waals surface area contributed by atoms with E-state index in [9.17, 15) is 4.79 Å². The summed E-state index contributed by atoms with van der Waals surface area (Å²) in [5.74, 6) is 0.336. The van der Waals surface area contributed by atoms with Gasteiger partial charge >= 0.3 is 5.97 Å². The molecule has 1 saturated carbocycles. The lowest BCUT2D eigenvalue weighted by atomic mass is 9.58. The number of hydrogen-bond acceptors (Lipinski definition) is 8. The van der Waals surface area contributed by atoms with Crippen LogP contribution in [0.1, 0.15) is 56.8 Å². The van der Waals surface area contributed by atoms with Crippen LogP contribution >= 0.6 is 0 Å². The molecule has 1 unspecified atom stereocenters. The van der Waals surface area contributed by atoms with Crippen molar-refractivity contribution in [2.45, 2.75) is 70.4 Å². The summed E-state index contributed by atoms with van der Waals surface area (Å²) in [5, 5.41) is 0. The molecule has 8 atom stereocenters. The molecule has 168 valence electrons. The highest BCUT2D eigenvalue weighted by Crippen LogP contribution is 2.60.